The number of carbonyl (C=O) groups is 1. The van der Waals surface area contributed by atoms with Crippen molar-refractivity contribution in [2.75, 3.05) is 18.1 Å². The molecule has 0 bridgehead atoms. The second-order valence-electron chi connectivity index (χ2n) is 6.00. The SMILES string of the molecule is O=C1C(Cc2c(Cl)cccc2Cl)CCN1C1CCS(=O)CC1. The second kappa shape index (κ2) is 6.90. The van der Waals surface area contributed by atoms with E-state index in [4.69, 9.17) is 23.2 Å². The zero-order chi connectivity index (χ0) is 15.7. The van der Waals surface area contributed by atoms with Crippen LogP contribution in [-0.2, 0) is 22.0 Å². The molecule has 6 heteroatoms. The van der Waals surface area contributed by atoms with Gasteiger partial charge in [0, 0.05) is 50.9 Å². The Hall–Kier alpha value is -0.580. The smallest absolute Gasteiger partial charge is 0.226 e. The van der Waals surface area contributed by atoms with E-state index in [1.807, 2.05) is 23.1 Å². The van der Waals surface area contributed by atoms with E-state index in [0.29, 0.717) is 16.5 Å². The molecule has 2 saturated heterocycles. The van der Waals surface area contributed by atoms with Gasteiger partial charge in [-0.1, -0.05) is 29.3 Å². The summed E-state index contributed by atoms with van der Waals surface area (Å²) < 4.78 is 11.5. The van der Waals surface area contributed by atoms with E-state index >= 15 is 0 Å². The van der Waals surface area contributed by atoms with Gasteiger partial charge in [0.25, 0.3) is 0 Å². The Morgan fingerprint density at radius 2 is 1.77 bits per heavy atom. The van der Waals surface area contributed by atoms with Gasteiger partial charge in [-0.05, 0) is 43.4 Å². The lowest BCUT2D eigenvalue weighted by atomic mass is 9.98. The van der Waals surface area contributed by atoms with E-state index < -0.39 is 10.8 Å². The molecule has 0 radical (unpaired) electrons. The second-order valence-corrected chi connectivity index (χ2v) is 8.51. The fourth-order valence-corrected chi connectivity index (χ4v) is 5.21. The van der Waals surface area contributed by atoms with E-state index in [9.17, 15) is 9.00 Å². The van der Waals surface area contributed by atoms with Crippen molar-refractivity contribution in [2.45, 2.75) is 31.7 Å². The number of rotatable bonds is 3. The van der Waals surface area contributed by atoms with Crippen molar-refractivity contribution >= 4 is 39.9 Å². The molecule has 0 aliphatic carbocycles. The third kappa shape index (κ3) is 3.34. The molecule has 120 valence electrons. The number of amides is 1. The molecule has 1 atom stereocenters. The zero-order valence-corrected chi connectivity index (χ0v) is 14.6. The van der Waals surface area contributed by atoms with Gasteiger partial charge in [0.05, 0.1) is 0 Å². The summed E-state index contributed by atoms with van der Waals surface area (Å²) in [6.45, 7) is 0.795. The molecule has 22 heavy (non-hydrogen) atoms. The van der Waals surface area contributed by atoms with Crippen molar-refractivity contribution in [3.63, 3.8) is 0 Å². The molecular weight excluding hydrogens is 341 g/mol. The standard InChI is InChI=1S/C16H19Cl2NO2S/c17-14-2-1-3-15(18)13(14)10-11-4-7-19(16(11)20)12-5-8-22(21)9-6-12/h1-3,11-12H,4-10H2. The quantitative estimate of drug-likeness (QED) is 0.830. The molecule has 2 aliphatic rings. The summed E-state index contributed by atoms with van der Waals surface area (Å²) in [4.78, 5) is 14.7. The highest BCUT2D eigenvalue weighted by Gasteiger charge is 2.37. The third-order valence-electron chi connectivity index (χ3n) is 4.66. The van der Waals surface area contributed by atoms with E-state index in [1.165, 1.54) is 0 Å². The maximum atomic E-state index is 12.7. The number of hydrogen-bond acceptors (Lipinski definition) is 2. The van der Waals surface area contributed by atoms with Crippen molar-refractivity contribution in [3.05, 3.63) is 33.8 Å². The molecule has 1 amide bonds. The normalized spacial score (nSPS) is 29.1. The van der Waals surface area contributed by atoms with Crippen LogP contribution in [0.25, 0.3) is 0 Å². The number of carbonyl (C=O) groups excluding carboxylic acids is 1. The van der Waals surface area contributed by atoms with E-state index in [2.05, 4.69) is 0 Å². The maximum absolute atomic E-state index is 12.7. The Bertz CT molecular complexity index is 578. The number of likely N-dealkylation sites (tertiary alicyclic amines) is 1. The van der Waals surface area contributed by atoms with E-state index in [0.717, 1.165) is 42.9 Å². The lowest BCUT2D eigenvalue weighted by molar-refractivity contribution is -0.133. The molecule has 2 heterocycles. The average Bonchev–Trinajstić information content (AvgIpc) is 2.85. The minimum absolute atomic E-state index is 0.0372. The monoisotopic (exact) mass is 359 g/mol. The van der Waals surface area contributed by atoms with Gasteiger partial charge in [-0.3, -0.25) is 9.00 Å². The zero-order valence-electron chi connectivity index (χ0n) is 12.3. The van der Waals surface area contributed by atoms with Gasteiger partial charge in [-0.2, -0.15) is 0 Å². The van der Waals surface area contributed by atoms with E-state index in [-0.39, 0.29) is 17.9 Å². The molecular formula is C16H19Cl2NO2S. The van der Waals surface area contributed by atoms with Gasteiger partial charge < -0.3 is 4.90 Å². The predicted octanol–water partition coefficient (Wildman–Crippen LogP) is 3.30. The molecule has 0 spiro atoms. The number of halogens is 2. The Balaban J connectivity index is 1.67. The summed E-state index contributed by atoms with van der Waals surface area (Å²) in [5.41, 5.74) is 0.871. The lowest BCUT2D eigenvalue weighted by Crippen LogP contribution is -2.41. The minimum Gasteiger partial charge on any atom is -0.339 e. The third-order valence-corrected chi connectivity index (χ3v) is 6.75. The topological polar surface area (TPSA) is 37.4 Å². The average molecular weight is 360 g/mol. The van der Waals surface area contributed by atoms with E-state index in [1.54, 1.807) is 0 Å². The van der Waals surface area contributed by atoms with Crippen LogP contribution in [-0.4, -0.2) is 39.1 Å². The summed E-state index contributed by atoms with van der Waals surface area (Å²) >= 11 is 12.4. The van der Waals surface area contributed by atoms with Crippen molar-refractivity contribution in [1.82, 2.24) is 4.90 Å². The molecule has 2 aliphatic heterocycles. The number of benzene rings is 1. The van der Waals surface area contributed by atoms with Crippen LogP contribution in [0.2, 0.25) is 10.0 Å². The molecule has 2 fully saturated rings. The van der Waals surface area contributed by atoms with Crippen LogP contribution in [0.1, 0.15) is 24.8 Å². The minimum atomic E-state index is -0.692. The van der Waals surface area contributed by atoms with Crippen LogP contribution in [0.15, 0.2) is 18.2 Å². The molecule has 1 aromatic carbocycles. The number of nitrogens with zero attached hydrogens (tertiary/aromatic N) is 1. The van der Waals surface area contributed by atoms with Crippen LogP contribution in [0.5, 0.6) is 0 Å². The van der Waals surface area contributed by atoms with Crippen molar-refractivity contribution in [2.24, 2.45) is 5.92 Å². The van der Waals surface area contributed by atoms with Gasteiger partial charge >= 0.3 is 0 Å². The maximum Gasteiger partial charge on any atom is 0.226 e. The first-order valence-electron chi connectivity index (χ1n) is 7.64. The van der Waals surface area contributed by atoms with Crippen LogP contribution in [0.4, 0.5) is 0 Å². The molecule has 0 aromatic heterocycles. The molecule has 3 nitrogen and oxygen atoms in total. The molecule has 0 N–H and O–H groups in total. The Morgan fingerprint density at radius 1 is 1.14 bits per heavy atom. The van der Waals surface area contributed by atoms with Crippen LogP contribution >= 0.6 is 23.2 Å². The van der Waals surface area contributed by atoms with Crippen LogP contribution in [0, 0.1) is 5.92 Å². The van der Waals surface area contributed by atoms with Crippen LogP contribution in [0.3, 0.4) is 0 Å². The van der Waals surface area contributed by atoms with Gasteiger partial charge in [0.2, 0.25) is 5.91 Å². The Labute approximate surface area is 143 Å². The summed E-state index contributed by atoms with van der Waals surface area (Å²) in [6, 6.07) is 5.71. The fraction of sp³-hybridized carbons (Fsp3) is 0.562. The van der Waals surface area contributed by atoms with Crippen LogP contribution < -0.4 is 0 Å². The van der Waals surface area contributed by atoms with Crippen molar-refractivity contribution in [3.8, 4) is 0 Å². The lowest BCUT2D eigenvalue weighted by Gasteiger charge is -2.31. The largest absolute Gasteiger partial charge is 0.339 e. The van der Waals surface area contributed by atoms with Gasteiger partial charge in [0.15, 0.2) is 0 Å². The molecule has 1 aromatic rings. The Morgan fingerprint density at radius 3 is 2.41 bits per heavy atom. The molecule has 1 unspecified atom stereocenters. The molecule has 0 saturated carbocycles. The first-order chi connectivity index (χ1) is 10.6. The predicted molar refractivity (Wildman–Crippen MR) is 90.9 cm³/mol. The summed E-state index contributed by atoms with van der Waals surface area (Å²) in [7, 11) is -0.692. The summed E-state index contributed by atoms with van der Waals surface area (Å²) in [5.74, 6) is 1.60. The highest BCUT2D eigenvalue weighted by molar-refractivity contribution is 7.85. The number of hydrogen-bond donors (Lipinski definition) is 0. The highest BCUT2D eigenvalue weighted by Crippen LogP contribution is 2.32. The molecule has 3 rings (SSSR count). The highest BCUT2D eigenvalue weighted by atomic mass is 35.5. The van der Waals surface area contributed by atoms with Gasteiger partial charge in [-0.25, -0.2) is 0 Å². The van der Waals surface area contributed by atoms with Gasteiger partial charge in [-0.15, -0.1) is 0 Å². The van der Waals surface area contributed by atoms with Gasteiger partial charge in [0.1, 0.15) is 0 Å². The van der Waals surface area contributed by atoms with Crippen molar-refractivity contribution in [1.29, 1.82) is 0 Å². The first-order valence-corrected chi connectivity index (χ1v) is 9.89. The fourth-order valence-electron chi connectivity index (χ4n) is 3.38. The van der Waals surface area contributed by atoms with Crippen molar-refractivity contribution < 1.29 is 9.00 Å². The first kappa shape index (κ1) is 16.3. The summed E-state index contributed by atoms with van der Waals surface area (Å²) in [6.07, 6.45) is 3.17. The Kier molecular flexibility index (Phi) is 5.10. The summed E-state index contributed by atoms with van der Waals surface area (Å²) in [5, 5.41) is 1.26.